The van der Waals surface area contributed by atoms with Crippen LogP contribution in [-0.4, -0.2) is 44.2 Å². The molecule has 2 atom stereocenters. The number of ether oxygens (including phenoxy) is 3. The molecule has 1 heterocycles. The first-order chi connectivity index (χ1) is 12.6. The quantitative estimate of drug-likeness (QED) is 0.666. The molecule has 1 unspecified atom stereocenters. The van der Waals surface area contributed by atoms with Gasteiger partial charge in [-0.3, -0.25) is 0 Å². The SMILES string of the molecule is CCOC1=NC(C[C@@H](COCc2ccccc2)C(C)C)C(OCC)=NC1. The lowest BCUT2D eigenvalue weighted by atomic mass is 9.89. The molecule has 2 rings (SSSR count). The summed E-state index contributed by atoms with van der Waals surface area (Å²) in [6.07, 6.45) is 0.849. The van der Waals surface area contributed by atoms with Gasteiger partial charge in [0.2, 0.25) is 11.8 Å². The Bertz CT molecular complexity index is 584. The molecule has 1 aliphatic heterocycles. The predicted octanol–water partition coefficient (Wildman–Crippen LogP) is 4.12. The van der Waals surface area contributed by atoms with E-state index in [2.05, 4.69) is 31.0 Å². The van der Waals surface area contributed by atoms with Gasteiger partial charge in [0.1, 0.15) is 12.6 Å². The highest BCUT2D eigenvalue weighted by atomic mass is 16.5. The average molecular weight is 360 g/mol. The zero-order chi connectivity index (χ0) is 18.8. The molecule has 0 saturated heterocycles. The van der Waals surface area contributed by atoms with Gasteiger partial charge in [-0.2, -0.15) is 0 Å². The van der Waals surface area contributed by atoms with E-state index in [1.54, 1.807) is 0 Å². The number of aliphatic imine (C=N–C) groups is 2. The molecular formula is C21H32N2O3. The van der Waals surface area contributed by atoms with Crippen LogP contribution in [0.2, 0.25) is 0 Å². The Morgan fingerprint density at radius 1 is 1.08 bits per heavy atom. The summed E-state index contributed by atoms with van der Waals surface area (Å²) in [6.45, 7) is 11.4. The van der Waals surface area contributed by atoms with E-state index in [4.69, 9.17) is 19.2 Å². The first-order valence-electron chi connectivity index (χ1n) is 9.62. The van der Waals surface area contributed by atoms with Crippen LogP contribution >= 0.6 is 0 Å². The summed E-state index contributed by atoms with van der Waals surface area (Å²) in [5, 5.41) is 0. The van der Waals surface area contributed by atoms with Crippen molar-refractivity contribution in [1.82, 2.24) is 0 Å². The molecule has 0 bridgehead atoms. The second-order valence-electron chi connectivity index (χ2n) is 6.80. The Morgan fingerprint density at radius 2 is 1.81 bits per heavy atom. The third-order valence-electron chi connectivity index (χ3n) is 4.47. The highest BCUT2D eigenvalue weighted by molar-refractivity contribution is 5.91. The van der Waals surface area contributed by atoms with Crippen LogP contribution < -0.4 is 0 Å². The molecule has 144 valence electrons. The minimum atomic E-state index is -0.0852. The number of nitrogens with zero attached hydrogens (tertiary/aromatic N) is 2. The molecule has 0 spiro atoms. The van der Waals surface area contributed by atoms with Gasteiger partial charge < -0.3 is 14.2 Å². The summed E-state index contributed by atoms with van der Waals surface area (Å²) in [5.74, 6) is 2.29. The molecule has 0 amide bonds. The van der Waals surface area contributed by atoms with Crippen LogP contribution in [-0.2, 0) is 20.8 Å². The van der Waals surface area contributed by atoms with Crippen molar-refractivity contribution in [3.63, 3.8) is 0 Å². The molecular weight excluding hydrogens is 328 g/mol. The molecule has 1 aliphatic rings. The lowest BCUT2D eigenvalue weighted by molar-refractivity contribution is 0.0666. The van der Waals surface area contributed by atoms with E-state index in [0.717, 1.165) is 12.3 Å². The monoisotopic (exact) mass is 360 g/mol. The Labute approximate surface area is 157 Å². The fraction of sp³-hybridized carbons (Fsp3) is 0.619. The number of hydrogen-bond acceptors (Lipinski definition) is 5. The zero-order valence-corrected chi connectivity index (χ0v) is 16.5. The van der Waals surface area contributed by atoms with E-state index in [9.17, 15) is 0 Å². The lowest BCUT2D eigenvalue weighted by Gasteiger charge is -2.27. The maximum atomic E-state index is 5.99. The molecule has 0 radical (unpaired) electrons. The first kappa shape index (κ1) is 20.4. The third kappa shape index (κ3) is 6.45. The van der Waals surface area contributed by atoms with Gasteiger partial charge in [-0.15, -0.1) is 0 Å². The minimum Gasteiger partial charge on any atom is -0.480 e. The lowest BCUT2D eigenvalue weighted by Crippen LogP contribution is -2.33. The van der Waals surface area contributed by atoms with Crippen molar-refractivity contribution in [2.75, 3.05) is 26.4 Å². The summed E-state index contributed by atoms with van der Waals surface area (Å²) >= 11 is 0. The molecule has 5 nitrogen and oxygen atoms in total. The number of benzene rings is 1. The Morgan fingerprint density at radius 3 is 2.46 bits per heavy atom. The molecule has 0 aliphatic carbocycles. The largest absolute Gasteiger partial charge is 0.480 e. The smallest absolute Gasteiger partial charge is 0.209 e. The molecule has 0 aromatic heterocycles. The summed E-state index contributed by atoms with van der Waals surface area (Å²) in [5.41, 5.74) is 1.20. The van der Waals surface area contributed by atoms with Crippen LogP contribution in [0.3, 0.4) is 0 Å². The highest BCUT2D eigenvalue weighted by Crippen LogP contribution is 2.23. The highest BCUT2D eigenvalue weighted by Gasteiger charge is 2.27. The van der Waals surface area contributed by atoms with Gasteiger partial charge in [-0.25, -0.2) is 9.98 Å². The van der Waals surface area contributed by atoms with Crippen LogP contribution in [0.1, 0.15) is 39.7 Å². The van der Waals surface area contributed by atoms with Crippen molar-refractivity contribution in [3.05, 3.63) is 35.9 Å². The maximum Gasteiger partial charge on any atom is 0.209 e. The second kappa shape index (κ2) is 11.0. The van der Waals surface area contributed by atoms with E-state index in [-0.39, 0.29) is 6.04 Å². The van der Waals surface area contributed by atoms with Crippen LogP contribution in [0.5, 0.6) is 0 Å². The molecule has 1 aromatic carbocycles. The molecule has 0 saturated carbocycles. The van der Waals surface area contributed by atoms with Crippen molar-refractivity contribution < 1.29 is 14.2 Å². The summed E-state index contributed by atoms with van der Waals surface area (Å²) in [6, 6.07) is 10.2. The topological polar surface area (TPSA) is 52.4 Å². The van der Waals surface area contributed by atoms with Crippen LogP contribution in [0.25, 0.3) is 0 Å². The predicted molar refractivity (Wildman–Crippen MR) is 106 cm³/mol. The molecule has 1 aromatic rings. The minimum absolute atomic E-state index is 0.0852. The molecule has 26 heavy (non-hydrogen) atoms. The summed E-state index contributed by atoms with van der Waals surface area (Å²) in [4.78, 5) is 9.28. The van der Waals surface area contributed by atoms with Gasteiger partial charge in [-0.1, -0.05) is 44.2 Å². The van der Waals surface area contributed by atoms with E-state index in [0.29, 0.717) is 50.7 Å². The Hall–Kier alpha value is -1.88. The Kier molecular flexibility index (Phi) is 8.62. The molecule has 0 fully saturated rings. The van der Waals surface area contributed by atoms with Gasteiger partial charge in [0.05, 0.1) is 26.4 Å². The van der Waals surface area contributed by atoms with Crippen molar-refractivity contribution in [1.29, 1.82) is 0 Å². The fourth-order valence-corrected chi connectivity index (χ4v) is 2.94. The van der Waals surface area contributed by atoms with Gasteiger partial charge in [0, 0.05) is 0 Å². The van der Waals surface area contributed by atoms with Crippen molar-refractivity contribution in [2.45, 2.75) is 46.8 Å². The first-order valence-corrected chi connectivity index (χ1v) is 9.62. The van der Waals surface area contributed by atoms with E-state index >= 15 is 0 Å². The second-order valence-corrected chi connectivity index (χ2v) is 6.80. The maximum absolute atomic E-state index is 5.99. The fourth-order valence-electron chi connectivity index (χ4n) is 2.94. The third-order valence-corrected chi connectivity index (χ3v) is 4.47. The van der Waals surface area contributed by atoms with E-state index in [1.165, 1.54) is 5.56 Å². The van der Waals surface area contributed by atoms with Gasteiger partial charge >= 0.3 is 0 Å². The van der Waals surface area contributed by atoms with Crippen molar-refractivity contribution in [3.8, 4) is 0 Å². The van der Waals surface area contributed by atoms with Crippen molar-refractivity contribution in [2.24, 2.45) is 21.8 Å². The van der Waals surface area contributed by atoms with Crippen LogP contribution in [0.15, 0.2) is 40.3 Å². The Balaban J connectivity index is 1.96. The van der Waals surface area contributed by atoms with Crippen LogP contribution in [0.4, 0.5) is 0 Å². The number of hydrogen-bond donors (Lipinski definition) is 0. The van der Waals surface area contributed by atoms with Gasteiger partial charge in [0.15, 0.2) is 0 Å². The van der Waals surface area contributed by atoms with Gasteiger partial charge in [-0.05, 0) is 37.7 Å². The number of rotatable bonds is 9. The van der Waals surface area contributed by atoms with Gasteiger partial charge in [0.25, 0.3) is 0 Å². The van der Waals surface area contributed by atoms with Crippen molar-refractivity contribution >= 4 is 11.8 Å². The molecule has 0 N–H and O–H groups in total. The molecule has 5 heteroatoms. The summed E-state index contributed by atoms with van der Waals surface area (Å²) in [7, 11) is 0. The summed E-state index contributed by atoms with van der Waals surface area (Å²) < 4.78 is 17.3. The normalized spacial score (nSPS) is 18.3. The zero-order valence-electron chi connectivity index (χ0n) is 16.5. The average Bonchev–Trinajstić information content (AvgIpc) is 2.64. The van der Waals surface area contributed by atoms with E-state index in [1.807, 2.05) is 32.0 Å². The standard InChI is InChI=1S/C21H32N2O3/c1-5-25-20-13-22-21(26-6-2)19(23-20)12-18(16(3)4)15-24-14-17-10-8-7-9-11-17/h7-11,16,18-19H,5-6,12-15H2,1-4H3/t18-,19?/m0/s1. The van der Waals surface area contributed by atoms with Crippen LogP contribution in [0, 0.1) is 11.8 Å². The van der Waals surface area contributed by atoms with E-state index < -0.39 is 0 Å².